The van der Waals surface area contributed by atoms with Crippen molar-refractivity contribution in [3.63, 3.8) is 0 Å². The van der Waals surface area contributed by atoms with Gasteiger partial charge in [0.1, 0.15) is 28.1 Å². The first-order valence-electron chi connectivity index (χ1n) is 10.0. The number of aromatic nitrogens is 1. The van der Waals surface area contributed by atoms with E-state index in [1.807, 2.05) is 24.3 Å². The number of benzene rings is 2. The third-order valence-electron chi connectivity index (χ3n) is 4.97. The molecule has 2 aromatic carbocycles. The van der Waals surface area contributed by atoms with E-state index in [1.54, 1.807) is 12.5 Å². The van der Waals surface area contributed by atoms with Gasteiger partial charge in [-0.3, -0.25) is 0 Å². The normalized spacial score (nSPS) is 14.7. The molecule has 0 bridgehead atoms. The molecule has 2 heterocycles. The second-order valence-electron chi connectivity index (χ2n) is 7.11. The van der Waals surface area contributed by atoms with Crippen molar-refractivity contribution in [1.29, 1.82) is 0 Å². The molecular formula is C22H21FN2O6S2. The van der Waals surface area contributed by atoms with E-state index in [0.717, 1.165) is 27.0 Å². The minimum absolute atomic E-state index is 0.0634. The van der Waals surface area contributed by atoms with Gasteiger partial charge in [-0.05, 0) is 30.3 Å². The van der Waals surface area contributed by atoms with Crippen LogP contribution in [0.1, 0.15) is 16.1 Å². The number of ether oxygens (including phenoxy) is 3. The second kappa shape index (κ2) is 9.96. The molecule has 1 fully saturated rings. The summed E-state index contributed by atoms with van der Waals surface area (Å²) in [7, 11) is -2.52. The molecule has 1 saturated heterocycles. The molecule has 8 nitrogen and oxygen atoms in total. The fourth-order valence-corrected chi connectivity index (χ4v) is 5.54. The van der Waals surface area contributed by atoms with Crippen LogP contribution < -0.4 is 4.74 Å². The Morgan fingerprint density at radius 1 is 1.21 bits per heavy atom. The lowest BCUT2D eigenvalue weighted by atomic mass is 10.2. The molecule has 11 heteroatoms. The summed E-state index contributed by atoms with van der Waals surface area (Å²) in [5.41, 5.74) is 1.34. The molecule has 0 spiro atoms. The average molecular weight is 493 g/mol. The molecule has 33 heavy (non-hydrogen) atoms. The van der Waals surface area contributed by atoms with Gasteiger partial charge in [0.25, 0.3) is 0 Å². The number of methoxy groups -OCH3 is 1. The van der Waals surface area contributed by atoms with E-state index in [4.69, 9.17) is 14.2 Å². The Kier molecular flexibility index (Phi) is 7.03. The van der Waals surface area contributed by atoms with Crippen LogP contribution in [0.3, 0.4) is 0 Å². The van der Waals surface area contributed by atoms with Crippen molar-refractivity contribution in [2.75, 3.05) is 33.4 Å². The Hall–Kier alpha value is -2.86. The van der Waals surface area contributed by atoms with Crippen molar-refractivity contribution in [3.8, 4) is 16.3 Å². The minimum atomic E-state index is -4.10. The number of carbonyl (C=O) groups is 1. The van der Waals surface area contributed by atoms with Crippen molar-refractivity contribution in [2.24, 2.45) is 0 Å². The first-order chi connectivity index (χ1) is 15.9. The van der Waals surface area contributed by atoms with Crippen LogP contribution in [0.5, 0.6) is 5.75 Å². The summed E-state index contributed by atoms with van der Waals surface area (Å²) in [4.78, 5) is 16.4. The fraction of sp³-hybridized carbons (Fsp3) is 0.273. The lowest BCUT2D eigenvalue weighted by molar-refractivity contribution is 0.0468. The van der Waals surface area contributed by atoms with E-state index in [9.17, 15) is 17.6 Å². The molecule has 0 atom stereocenters. The summed E-state index contributed by atoms with van der Waals surface area (Å²) in [6.45, 7) is 0.593. The number of hydrogen-bond acceptors (Lipinski definition) is 8. The Morgan fingerprint density at radius 3 is 2.76 bits per heavy atom. The molecule has 0 unspecified atom stereocenters. The highest BCUT2D eigenvalue weighted by atomic mass is 32.2. The number of morpholine rings is 1. The van der Waals surface area contributed by atoms with Gasteiger partial charge in [-0.25, -0.2) is 22.6 Å². The van der Waals surface area contributed by atoms with Gasteiger partial charge in [-0.2, -0.15) is 4.31 Å². The van der Waals surface area contributed by atoms with Gasteiger partial charge in [0.2, 0.25) is 10.0 Å². The number of thiazole rings is 1. The zero-order valence-corrected chi connectivity index (χ0v) is 19.3. The predicted octanol–water partition coefficient (Wildman–Crippen LogP) is 3.34. The Labute approximate surface area is 194 Å². The van der Waals surface area contributed by atoms with Gasteiger partial charge in [-0.15, -0.1) is 11.3 Å². The molecule has 0 saturated carbocycles. The zero-order chi connectivity index (χ0) is 23.4. The zero-order valence-electron chi connectivity index (χ0n) is 17.7. The van der Waals surface area contributed by atoms with Crippen molar-refractivity contribution in [1.82, 2.24) is 9.29 Å². The van der Waals surface area contributed by atoms with Crippen molar-refractivity contribution in [3.05, 3.63) is 64.9 Å². The monoisotopic (exact) mass is 492 g/mol. The molecule has 0 radical (unpaired) electrons. The van der Waals surface area contributed by atoms with Crippen molar-refractivity contribution in [2.45, 2.75) is 11.5 Å². The quantitative estimate of drug-likeness (QED) is 0.467. The molecule has 0 aliphatic carbocycles. The number of rotatable bonds is 7. The lowest BCUT2D eigenvalue weighted by Crippen LogP contribution is -2.41. The third kappa shape index (κ3) is 5.22. The van der Waals surface area contributed by atoms with Crippen LogP contribution in [0.15, 0.2) is 52.7 Å². The Bertz CT molecular complexity index is 1260. The number of hydrogen-bond donors (Lipinski definition) is 0. The highest BCUT2D eigenvalue weighted by Gasteiger charge is 2.30. The number of carbonyl (C=O) groups excluding carboxylic acids is 1. The second-order valence-corrected chi connectivity index (χ2v) is 9.88. The maximum Gasteiger partial charge on any atom is 0.338 e. The maximum atomic E-state index is 14.3. The van der Waals surface area contributed by atoms with Crippen LogP contribution in [0.4, 0.5) is 4.39 Å². The van der Waals surface area contributed by atoms with E-state index in [1.165, 1.54) is 17.4 Å². The van der Waals surface area contributed by atoms with E-state index in [0.29, 0.717) is 11.4 Å². The van der Waals surface area contributed by atoms with E-state index < -0.39 is 26.7 Å². The number of esters is 1. The number of sulfonamides is 1. The summed E-state index contributed by atoms with van der Waals surface area (Å²) in [5.74, 6) is -1.00. The van der Waals surface area contributed by atoms with Gasteiger partial charge in [-0.1, -0.05) is 12.1 Å². The van der Waals surface area contributed by atoms with Crippen molar-refractivity contribution >= 4 is 27.3 Å². The van der Waals surface area contributed by atoms with E-state index in [2.05, 4.69) is 4.98 Å². The minimum Gasteiger partial charge on any atom is -0.497 e. The van der Waals surface area contributed by atoms with Crippen LogP contribution in [0.2, 0.25) is 0 Å². The largest absolute Gasteiger partial charge is 0.497 e. The predicted molar refractivity (Wildman–Crippen MR) is 119 cm³/mol. The van der Waals surface area contributed by atoms with Crippen LogP contribution in [-0.4, -0.2) is 57.1 Å². The molecule has 1 aromatic heterocycles. The summed E-state index contributed by atoms with van der Waals surface area (Å²) in [5, 5.41) is 2.50. The van der Waals surface area contributed by atoms with E-state index >= 15 is 0 Å². The summed E-state index contributed by atoms with van der Waals surface area (Å²) in [6.07, 6.45) is 0. The molecule has 0 amide bonds. The van der Waals surface area contributed by atoms with Crippen LogP contribution in [-0.2, 0) is 26.1 Å². The fourth-order valence-electron chi connectivity index (χ4n) is 3.24. The highest BCUT2D eigenvalue weighted by molar-refractivity contribution is 7.89. The van der Waals surface area contributed by atoms with Gasteiger partial charge in [0.15, 0.2) is 0 Å². The van der Waals surface area contributed by atoms with Gasteiger partial charge < -0.3 is 14.2 Å². The molecular weight excluding hydrogens is 471 g/mol. The molecule has 4 rings (SSSR count). The van der Waals surface area contributed by atoms with Gasteiger partial charge in [0, 0.05) is 24.0 Å². The summed E-state index contributed by atoms with van der Waals surface area (Å²) in [6, 6.07) is 10.6. The van der Waals surface area contributed by atoms with Gasteiger partial charge in [0.05, 0.1) is 31.6 Å². The smallest absolute Gasteiger partial charge is 0.338 e. The standard InChI is InChI=1S/C22H21FN2O6S2/c1-29-18-4-2-3-15(11-18)21-24-17(14-32-21)13-31-22(26)16-5-6-19(23)20(12-16)33(27,28)25-7-9-30-10-8-25/h2-6,11-12,14H,7-10,13H2,1H3. The third-order valence-corrected chi connectivity index (χ3v) is 7.83. The topological polar surface area (TPSA) is 95.0 Å². The first kappa shape index (κ1) is 23.3. The maximum absolute atomic E-state index is 14.3. The van der Waals surface area contributed by atoms with E-state index in [-0.39, 0.29) is 38.5 Å². The van der Waals surface area contributed by atoms with Crippen LogP contribution >= 0.6 is 11.3 Å². The Balaban J connectivity index is 1.46. The lowest BCUT2D eigenvalue weighted by Gasteiger charge is -2.26. The summed E-state index contributed by atoms with van der Waals surface area (Å²) < 4.78 is 56.8. The first-order valence-corrected chi connectivity index (χ1v) is 12.3. The highest BCUT2D eigenvalue weighted by Crippen LogP contribution is 2.27. The molecule has 0 N–H and O–H groups in total. The Morgan fingerprint density at radius 2 is 2.00 bits per heavy atom. The molecule has 174 valence electrons. The number of halogens is 1. The molecule has 1 aliphatic rings. The average Bonchev–Trinajstić information content (AvgIpc) is 3.32. The molecule has 1 aliphatic heterocycles. The van der Waals surface area contributed by atoms with Gasteiger partial charge >= 0.3 is 5.97 Å². The van der Waals surface area contributed by atoms with Crippen molar-refractivity contribution < 1.29 is 31.8 Å². The van der Waals surface area contributed by atoms with Crippen LogP contribution in [0, 0.1) is 5.82 Å². The summed E-state index contributed by atoms with van der Waals surface area (Å²) >= 11 is 1.39. The SMILES string of the molecule is COc1cccc(-c2nc(COC(=O)c3ccc(F)c(S(=O)(=O)N4CCOCC4)c3)cs2)c1. The van der Waals surface area contributed by atoms with Crippen LogP contribution in [0.25, 0.3) is 10.6 Å². The number of nitrogens with zero attached hydrogens (tertiary/aromatic N) is 2. The molecule has 3 aromatic rings.